The summed E-state index contributed by atoms with van der Waals surface area (Å²) in [7, 11) is 0. The standard InChI is InChI=1S/C12H22O11/c13-1-4-6(15)8(17)9(18)11(22-4)21-3-12(20)10(19)7(16)5(2-14)23-12/h4-11,13-20H,1-3H2/t4-,5-,6-,7-,8+,9-,10+,11-,12-/m1/s1. The maximum absolute atomic E-state index is 10.1. The van der Waals surface area contributed by atoms with Crippen molar-refractivity contribution in [2.45, 2.75) is 54.8 Å². The molecule has 0 saturated carbocycles. The number of aliphatic hydroxyl groups is 8. The second-order valence-electron chi connectivity index (χ2n) is 5.63. The molecule has 2 rings (SSSR count). The second kappa shape index (κ2) is 7.21. The Bertz CT molecular complexity index is 393. The molecule has 0 amide bonds. The molecule has 0 aliphatic carbocycles. The van der Waals surface area contributed by atoms with Crippen LogP contribution < -0.4 is 0 Å². The van der Waals surface area contributed by atoms with Crippen molar-refractivity contribution < 1.29 is 55.1 Å². The van der Waals surface area contributed by atoms with Crippen molar-refractivity contribution in [3.8, 4) is 0 Å². The van der Waals surface area contributed by atoms with Crippen molar-refractivity contribution in [1.29, 1.82) is 0 Å². The van der Waals surface area contributed by atoms with Gasteiger partial charge in [-0.15, -0.1) is 0 Å². The van der Waals surface area contributed by atoms with Crippen LogP contribution in [0, 0.1) is 0 Å². The zero-order valence-corrected chi connectivity index (χ0v) is 12.0. The van der Waals surface area contributed by atoms with E-state index in [-0.39, 0.29) is 0 Å². The lowest BCUT2D eigenvalue weighted by atomic mass is 9.99. The van der Waals surface area contributed by atoms with Gasteiger partial charge in [0, 0.05) is 0 Å². The van der Waals surface area contributed by atoms with E-state index in [0.717, 1.165) is 0 Å². The molecule has 8 N–H and O–H groups in total. The molecule has 0 aromatic heterocycles. The highest BCUT2D eigenvalue weighted by Crippen LogP contribution is 2.31. The third kappa shape index (κ3) is 3.50. The molecule has 2 aliphatic rings. The minimum Gasteiger partial charge on any atom is -0.394 e. The molecule has 2 aliphatic heterocycles. The van der Waals surface area contributed by atoms with E-state index < -0.39 is 74.6 Å². The third-order valence-corrected chi connectivity index (χ3v) is 4.00. The Labute approximate surface area is 130 Å². The Morgan fingerprint density at radius 3 is 1.96 bits per heavy atom. The maximum Gasteiger partial charge on any atom is 0.219 e. The highest BCUT2D eigenvalue weighted by molar-refractivity contribution is 4.96. The lowest BCUT2D eigenvalue weighted by Crippen LogP contribution is -2.60. The average Bonchev–Trinajstić information content (AvgIpc) is 2.76. The van der Waals surface area contributed by atoms with Gasteiger partial charge in [-0.2, -0.15) is 0 Å². The van der Waals surface area contributed by atoms with Gasteiger partial charge in [-0.1, -0.05) is 0 Å². The largest absolute Gasteiger partial charge is 0.394 e. The van der Waals surface area contributed by atoms with Gasteiger partial charge in [-0.05, 0) is 0 Å². The predicted molar refractivity (Wildman–Crippen MR) is 68.6 cm³/mol. The molecule has 0 aromatic rings. The zero-order chi connectivity index (χ0) is 17.4. The highest BCUT2D eigenvalue weighted by Gasteiger charge is 2.54. The van der Waals surface area contributed by atoms with E-state index in [1.807, 2.05) is 0 Å². The monoisotopic (exact) mass is 342 g/mol. The van der Waals surface area contributed by atoms with Gasteiger partial charge >= 0.3 is 0 Å². The van der Waals surface area contributed by atoms with Crippen LogP contribution in [0.2, 0.25) is 0 Å². The summed E-state index contributed by atoms with van der Waals surface area (Å²) in [5, 5.41) is 76.5. The van der Waals surface area contributed by atoms with Gasteiger partial charge in [0.25, 0.3) is 0 Å². The number of rotatable bonds is 5. The van der Waals surface area contributed by atoms with E-state index in [1.165, 1.54) is 0 Å². The fraction of sp³-hybridized carbons (Fsp3) is 1.00. The van der Waals surface area contributed by atoms with Gasteiger partial charge in [-0.3, -0.25) is 0 Å². The average molecular weight is 342 g/mol. The molecule has 23 heavy (non-hydrogen) atoms. The first-order valence-corrected chi connectivity index (χ1v) is 7.04. The normalized spacial score (nSPS) is 51.1. The molecule has 11 heteroatoms. The van der Waals surface area contributed by atoms with Crippen molar-refractivity contribution in [3.63, 3.8) is 0 Å². The fourth-order valence-electron chi connectivity index (χ4n) is 2.54. The van der Waals surface area contributed by atoms with Gasteiger partial charge in [0.05, 0.1) is 13.2 Å². The van der Waals surface area contributed by atoms with Crippen molar-refractivity contribution >= 4 is 0 Å². The molecule has 0 spiro atoms. The van der Waals surface area contributed by atoms with Crippen molar-refractivity contribution in [3.05, 3.63) is 0 Å². The van der Waals surface area contributed by atoms with Crippen LogP contribution in [-0.2, 0) is 14.2 Å². The molecular weight excluding hydrogens is 320 g/mol. The molecule has 2 saturated heterocycles. The summed E-state index contributed by atoms with van der Waals surface area (Å²) < 4.78 is 15.1. The van der Waals surface area contributed by atoms with Crippen LogP contribution in [0.4, 0.5) is 0 Å². The topological polar surface area (TPSA) is 190 Å². The Morgan fingerprint density at radius 1 is 0.826 bits per heavy atom. The molecule has 11 nitrogen and oxygen atoms in total. The van der Waals surface area contributed by atoms with Gasteiger partial charge in [0.15, 0.2) is 6.29 Å². The van der Waals surface area contributed by atoms with Gasteiger partial charge < -0.3 is 55.1 Å². The molecular formula is C12H22O11. The zero-order valence-electron chi connectivity index (χ0n) is 12.0. The van der Waals surface area contributed by atoms with Crippen molar-refractivity contribution in [2.24, 2.45) is 0 Å². The number of aliphatic hydroxyl groups excluding tert-OH is 7. The summed E-state index contributed by atoms with van der Waals surface area (Å²) in [6.45, 7) is -2.08. The minimum atomic E-state index is -2.37. The Balaban J connectivity index is 1.99. The number of hydrogen-bond acceptors (Lipinski definition) is 11. The molecule has 136 valence electrons. The minimum absolute atomic E-state index is 0.652. The lowest BCUT2D eigenvalue weighted by molar-refractivity contribution is -0.332. The molecule has 0 bridgehead atoms. The van der Waals surface area contributed by atoms with E-state index in [2.05, 4.69) is 0 Å². The van der Waals surface area contributed by atoms with Crippen LogP contribution in [-0.4, -0.2) is 115 Å². The number of ether oxygens (including phenoxy) is 3. The van der Waals surface area contributed by atoms with Crippen LogP contribution >= 0.6 is 0 Å². The summed E-state index contributed by atoms with van der Waals surface area (Å²) in [5.41, 5.74) is 0. The van der Waals surface area contributed by atoms with Gasteiger partial charge in [0.2, 0.25) is 5.79 Å². The van der Waals surface area contributed by atoms with E-state index in [1.54, 1.807) is 0 Å². The van der Waals surface area contributed by atoms with E-state index in [9.17, 15) is 30.6 Å². The number of hydrogen-bond donors (Lipinski definition) is 8. The van der Waals surface area contributed by atoms with Crippen molar-refractivity contribution in [2.75, 3.05) is 19.8 Å². The molecule has 2 fully saturated rings. The van der Waals surface area contributed by atoms with Gasteiger partial charge in [-0.25, -0.2) is 0 Å². The van der Waals surface area contributed by atoms with Crippen LogP contribution in [0.25, 0.3) is 0 Å². The van der Waals surface area contributed by atoms with Crippen LogP contribution in [0.3, 0.4) is 0 Å². The maximum atomic E-state index is 10.1. The molecule has 0 unspecified atom stereocenters. The van der Waals surface area contributed by atoms with Crippen LogP contribution in [0.15, 0.2) is 0 Å². The second-order valence-corrected chi connectivity index (χ2v) is 5.63. The first-order chi connectivity index (χ1) is 10.7. The Morgan fingerprint density at radius 2 is 1.43 bits per heavy atom. The first kappa shape index (κ1) is 18.9. The van der Waals surface area contributed by atoms with Gasteiger partial charge in [0.1, 0.15) is 49.3 Å². The smallest absolute Gasteiger partial charge is 0.219 e. The van der Waals surface area contributed by atoms with E-state index in [4.69, 9.17) is 24.4 Å². The Hall–Kier alpha value is -0.440. The van der Waals surface area contributed by atoms with Crippen molar-refractivity contribution in [1.82, 2.24) is 0 Å². The fourth-order valence-corrected chi connectivity index (χ4v) is 2.54. The van der Waals surface area contributed by atoms with E-state index >= 15 is 0 Å². The summed E-state index contributed by atoms with van der Waals surface area (Å²) in [6, 6.07) is 0. The summed E-state index contributed by atoms with van der Waals surface area (Å²) in [4.78, 5) is 0. The first-order valence-electron chi connectivity index (χ1n) is 7.04. The summed E-state index contributed by atoms with van der Waals surface area (Å²) in [5.74, 6) is -2.37. The van der Waals surface area contributed by atoms with E-state index in [0.29, 0.717) is 0 Å². The van der Waals surface area contributed by atoms with Crippen LogP contribution in [0.1, 0.15) is 0 Å². The third-order valence-electron chi connectivity index (χ3n) is 4.00. The summed E-state index contributed by atoms with van der Waals surface area (Å²) in [6.07, 6.45) is -12.2. The lowest BCUT2D eigenvalue weighted by Gasteiger charge is -2.40. The predicted octanol–water partition coefficient (Wildman–Crippen LogP) is -5.40. The quantitative estimate of drug-likeness (QED) is 0.238. The molecule has 9 atom stereocenters. The summed E-state index contributed by atoms with van der Waals surface area (Å²) >= 11 is 0. The van der Waals surface area contributed by atoms with Crippen LogP contribution in [0.5, 0.6) is 0 Å². The molecule has 2 heterocycles. The molecule has 0 aromatic carbocycles. The Kier molecular flexibility index (Phi) is 5.92. The molecule has 0 radical (unpaired) electrons. The highest BCUT2D eigenvalue weighted by atomic mass is 16.7. The SMILES string of the molecule is OC[C@H]1O[C@](O)(CO[C@@H]2O[C@H](CO)[C@@H](O)[C@H](O)[C@H]2O)[C@@H](O)[C@@H]1O.